The van der Waals surface area contributed by atoms with Crippen LogP contribution < -0.4 is 5.32 Å². The van der Waals surface area contributed by atoms with Gasteiger partial charge in [-0.2, -0.15) is 0 Å². The second-order valence-corrected chi connectivity index (χ2v) is 3.05. The largest absolute Gasteiger partial charge is 0.343 e. The molecule has 0 aliphatic rings. The number of carbonyl (C=O) groups is 1. The highest BCUT2D eigenvalue weighted by Gasteiger charge is 1.94. The predicted molar refractivity (Wildman–Crippen MR) is 52.4 cm³/mol. The van der Waals surface area contributed by atoms with Crippen LogP contribution in [0, 0.1) is 6.92 Å². The molecule has 64 valence electrons. The van der Waals surface area contributed by atoms with Crippen molar-refractivity contribution < 1.29 is 4.79 Å². The Bertz CT molecular complexity index is 286. The maximum Gasteiger partial charge on any atom is 0.276 e. The van der Waals surface area contributed by atoms with E-state index in [1.54, 1.807) is 0 Å². The van der Waals surface area contributed by atoms with Crippen LogP contribution in [0.4, 0.5) is 4.79 Å². The predicted octanol–water partition coefficient (Wildman–Crippen LogP) is 2.13. The minimum atomic E-state index is -0.295. The summed E-state index contributed by atoms with van der Waals surface area (Å²) in [5, 5.41) is 2.32. The van der Waals surface area contributed by atoms with Crippen molar-refractivity contribution >= 4 is 17.9 Å². The molecule has 0 atom stereocenters. The SMILES string of the molecule is Cc1cccc(CNC(=O)S)c1. The first-order valence-electron chi connectivity index (χ1n) is 3.71. The van der Waals surface area contributed by atoms with Crippen molar-refractivity contribution in [2.45, 2.75) is 13.5 Å². The molecule has 1 rings (SSSR count). The molecule has 12 heavy (non-hydrogen) atoms. The fourth-order valence-corrected chi connectivity index (χ4v) is 1.08. The molecule has 0 bridgehead atoms. The van der Waals surface area contributed by atoms with E-state index in [1.807, 2.05) is 31.2 Å². The van der Waals surface area contributed by atoms with Crippen LogP contribution in [0.3, 0.4) is 0 Å². The van der Waals surface area contributed by atoms with Crippen LogP contribution in [0.1, 0.15) is 11.1 Å². The van der Waals surface area contributed by atoms with Crippen molar-refractivity contribution in [3.05, 3.63) is 35.4 Å². The molecule has 0 unspecified atom stereocenters. The number of carbonyl (C=O) groups excluding carboxylic acids is 1. The summed E-state index contributed by atoms with van der Waals surface area (Å²) in [5.41, 5.74) is 2.29. The Hall–Kier alpha value is -0.960. The maximum absolute atomic E-state index is 10.5. The van der Waals surface area contributed by atoms with Crippen LogP contribution in [-0.2, 0) is 6.54 Å². The number of amides is 1. The molecule has 1 aromatic carbocycles. The van der Waals surface area contributed by atoms with E-state index in [4.69, 9.17) is 0 Å². The van der Waals surface area contributed by atoms with Crippen molar-refractivity contribution in [1.82, 2.24) is 5.32 Å². The van der Waals surface area contributed by atoms with Crippen LogP contribution in [0.15, 0.2) is 24.3 Å². The van der Waals surface area contributed by atoms with Gasteiger partial charge in [-0.3, -0.25) is 4.79 Å². The molecule has 0 spiro atoms. The zero-order valence-corrected chi connectivity index (χ0v) is 7.77. The molecule has 1 aromatic rings. The summed E-state index contributed by atoms with van der Waals surface area (Å²) >= 11 is 3.60. The number of benzene rings is 1. The molecule has 0 aliphatic heterocycles. The van der Waals surface area contributed by atoms with Crippen molar-refractivity contribution in [2.24, 2.45) is 0 Å². The van der Waals surface area contributed by atoms with Crippen molar-refractivity contribution in [3.63, 3.8) is 0 Å². The Kier molecular flexibility index (Phi) is 3.17. The normalized spacial score (nSPS) is 9.50. The van der Waals surface area contributed by atoms with Gasteiger partial charge in [0.25, 0.3) is 5.24 Å². The summed E-state index contributed by atoms with van der Waals surface area (Å²) in [6.45, 7) is 2.57. The lowest BCUT2D eigenvalue weighted by molar-refractivity contribution is 0.260. The standard InChI is InChI=1S/C9H11NOS/c1-7-3-2-4-8(5-7)6-10-9(11)12/h2-5H,6H2,1H3,(H2,10,11,12). The van der Waals surface area contributed by atoms with Crippen LogP contribution in [0.2, 0.25) is 0 Å². The zero-order chi connectivity index (χ0) is 8.97. The lowest BCUT2D eigenvalue weighted by Gasteiger charge is -2.01. The number of hydrogen-bond acceptors (Lipinski definition) is 1. The Morgan fingerprint density at radius 2 is 2.33 bits per heavy atom. The van der Waals surface area contributed by atoms with E-state index < -0.39 is 0 Å². The average Bonchev–Trinajstić information content (AvgIpc) is 2.01. The molecule has 1 N–H and O–H groups in total. The van der Waals surface area contributed by atoms with Crippen LogP contribution >= 0.6 is 12.6 Å². The monoisotopic (exact) mass is 181 g/mol. The molecule has 0 radical (unpaired) electrons. The number of rotatable bonds is 2. The molecule has 2 nitrogen and oxygen atoms in total. The Morgan fingerprint density at radius 3 is 2.92 bits per heavy atom. The second kappa shape index (κ2) is 4.16. The van der Waals surface area contributed by atoms with E-state index in [0.29, 0.717) is 6.54 Å². The fraction of sp³-hybridized carbons (Fsp3) is 0.222. The summed E-state index contributed by atoms with van der Waals surface area (Å²) in [4.78, 5) is 10.5. The van der Waals surface area contributed by atoms with Crippen LogP contribution in [0.25, 0.3) is 0 Å². The third-order valence-corrected chi connectivity index (χ3v) is 1.68. The van der Waals surface area contributed by atoms with Crippen LogP contribution in [0.5, 0.6) is 0 Å². The van der Waals surface area contributed by atoms with Gasteiger partial charge in [-0.15, -0.1) is 0 Å². The molecule has 0 aromatic heterocycles. The highest BCUT2D eigenvalue weighted by molar-refractivity contribution is 7.96. The summed E-state index contributed by atoms with van der Waals surface area (Å²) in [6.07, 6.45) is 0. The number of aryl methyl sites for hydroxylation is 1. The first kappa shape index (κ1) is 9.13. The van der Waals surface area contributed by atoms with Gasteiger partial charge in [0.15, 0.2) is 0 Å². The van der Waals surface area contributed by atoms with Gasteiger partial charge >= 0.3 is 0 Å². The molecule has 0 aliphatic carbocycles. The Labute approximate surface area is 77.4 Å². The molecular weight excluding hydrogens is 170 g/mol. The summed E-state index contributed by atoms with van der Waals surface area (Å²) < 4.78 is 0. The van der Waals surface area contributed by atoms with E-state index >= 15 is 0 Å². The van der Waals surface area contributed by atoms with Gasteiger partial charge in [0.2, 0.25) is 0 Å². The van der Waals surface area contributed by atoms with E-state index in [-0.39, 0.29) is 5.24 Å². The zero-order valence-electron chi connectivity index (χ0n) is 6.87. The summed E-state index contributed by atoms with van der Waals surface area (Å²) in [5.74, 6) is 0. The van der Waals surface area contributed by atoms with Crippen molar-refractivity contribution in [1.29, 1.82) is 0 Å². The van der Waals surface area contributed by atoms with Gasteiger partial charge in [-0.05, 0) is 12.5 Å². The average molecular weight is 181 g/mol. The lowest BCUT2D eigenvalue weighted by Crippen LogP contribution is -2.15. The first-order chi connectivity index (χ1) is 5.68. The molecule has 0 saturated heterocycles. The summed E-state index contributed by atoms with van der Waals surface area (Å²) in [7, 11) is 0. The molecule has 0 fully saturated rings. The van der Waals surface area contributed by atoms with Crippen LogP contribution in [-0.4, -0.2) is 5.24 Å². The van der Waals surface area contributed by atoms with E-state index in [0.717, 1.165) is 5.56 Å². The highest BCUT2D eigenvalue weighted by atomic mass is 32.1. The van der Waals surface area contributed by atoms with E-state index in [2.05, 4.69) is 17.9 Å². The van der Waals surface area contributed by atoms with E-state index in [9.17, 15) is 4.79 Å². The van der Waals surface area contributed by atoms with Gasteiger partial charge in [0.05, 0.1) is 0 Å². The minimum absolute atomic E-state index is 0.295. The molecule has 3 heteroatoms. The number of hydrogen-bond donors (Lipinski definition) is 2. The first-order valence-corrected chi connectivity index (χ1v) is 4.15. The van der Waals surface area contributed by atoms with Gasteiger partial charge < -0.3 is 5.32 Å². The highest BCUT2D eigenvalue weighted by Crippen LogP contribution is 2.03. The van der Waals surface area contributed by atoms with Gasteiger partial charge in [-0.25, -0.2) is 0 Å². The quantitative estimate of drug-likeness (QED) is 0.672. The Balaban J connectivity index is 2.57. The lowest BCUT2D eigenvalue weighted by atomic mass is 10.1. The molecule has 0 heterocycles. The van der Waals surface area contributed by atoms with E-state index in [1.165, 1.54) is 5.56 Å². The summed E-state index contributed by atoms with van der Waals surface area (Å²) in [6, 6.07) is 7.99. The Morgan fingerprint density at radius 1 is 1.58 bits per heavy atom. The van der Waals surface area contributed by atoms with Crippen molar-refractivity contribution in [3.8, 4) is 0 Å². The van der Waals surface area contributed by atoms with Gasteiger partial charge in [-0.1, -0.05) is 42.5 Å². The molecule has 0 saturated carbocycles. The fourth-order valence-electron chi connectivity index (χ4n) is 1.000. The molecular formula is C9H11NOS. The van der Waals surface area contributed by atoms with Crippen molar-refractivity contribution in [2.75, 3.05) is 0 Å². The molecule has 1 amide bonds. The van der Waals surface area contributed by atoms with Gasteiger partial charge in [0.1, 0.15) is 0 Å². The third kappa shape index (κ3) is 2.96. The van der Waals surface area contributed by atoms with Gasteiger partial charge in [0, 0.05) is 6.54 Å². The minimum Gasteiger partial charge on any atom is -0.343 e. The second-order valence-electron chi connectivity index (χ2n) is 2.65. The topological polar surface area (TPSA) is 29.1 Å². The maximum atomic E-state index is 10.5. The number of nitrogens with one attached hydrogen (secondary N) is 1. The third-order valence-electron chi connectivity index (χ3n) is 1.53. The smallest absolute Gasteiger partial charge is 0.276 e. The number of thiol groups is 1.